The summed E-state index contributed by atoms with van der Waals surface area (Å²) < 4.78 is 0. The molecule has 0 fully saturated rings. The molecule has 22 heavy (non-hydrogen) atoms. The Hall–Kier alpha value is -2.87. The van der Waals surface area contributed by atoms with Crippen LogP contribution in [0.3, 0.4) is 0 Å². The highest BCUT2D eigenvalue weighted by Gasteiger charge is 2.34. The highest BCUT2D eigenvalue weighted by molar-refractivity contribution is 6.21. The average Bonchev–Trinajstić information content (AvgIpc) is 2.72. The van der Waals surface area contributed by atoms with Gasteiger partial charge in [-0.25, -0.2) is 9.79 Å². The third kappa shape index (κ3) is 2.51. The predicted octanol–water partition coefficient (Wildman–Crippen LogP) is -0.0894. The van der Waals surface area contributed by atoms with Gasteiger partial charge in [0.25, 0.3) is 11.8 Å². The number of hydrogen-bond acceptors (Lipinski definition) is 5. The van der Waals surface area contributed by atoms with E-state index in [-0.39, 0.29) is 31.4 Å². The smallest absolute Gasteiger partial charge is 0.294 e. The molecule has 0 atom stereocenters. The maximum absolute atomic E-state index is 12.1. The van der Waals surface area contributed by atoms with E-state index in [2.05, 4.69) is 15.6 Å². The Morgan fingerprint density at radius 3 is 2.32 bits per heavy atom. The number of carbonyl (C=O) groups is 4. The molecule has 2 aliphatic rings. The molecule has 1 aromatic rings. The van der Waals surface area contributed by atoms with E-state index in [9.17, 15) is 19.2 Å². The van der Waals surface area contributed by atoms with Crippen molar-refractivity contribution < 1.29 is 19.2 Å². The Balaban J connectivity index is 1.62. The van der Waals surface area contributed by atoms with Gasteiger partial charge in [-0.2, -0.15) is 0 Å². The lowest BCUT2D eigenvalue weighted by molar-refractivity contribution is -0.119. The fourth-order valence-electron chi connectivity index (χ4n) is 2.36. The van der Waals surface area contributed by atoms with Gasteiger partial charge in [0.15, 0.2) is 0 Å². The molecule has 2 aliphatic heterocycles. The van der Waals surface area contributed by atoms with Crippen LogP contribution in [0.1, 0.15) is 27.1 Å². The van der Waals surface area contributed by atoms with Crippen LogP contribution >= 0.6 is 0 Å². The number of urea groups is 1. The van der Waals surface area contributed by atoms with Crippen molar-refractivity contribution in [2.45, 2.75) is 6.42 Å². The minimum Gasteiger partial charge on any atom is -0.294 e. The Labute approximate surface area is 125 Å². The Morgan fingerprint density at radius 1 is 1.09 bits per heavy atom. The van der Waals surface area contributed by atoms with Gasteiger partial charge in [-0.15, -0.1) is 0 Å². The predicted molar refractivity (Wildman–Crippen MR) is 75.4 cm³/mol. The minimum absolute atomic E-state index is 0.0127. The zero-order valence-corrected chi connectivity index (χ0v) is 11.5. The molecule has 5 amide bonds. The summed E-state index contributed by atoms with van der Waals surface area (Å²) in [6, 6.07) is 5.89. The summed E-state index contributed by atoms with van der Waals surface area (Å²) in [5, 5.41) is 4.91. The first-order chi connectivity index (χ1) is 10.6. The Kier molecular flexibility index (Phi) is 3.51. The molecular weight excluding hydrogens is 288 g/mol. The fourth-order valence-corrected chi connectivity index (χ4v) is 2.36. The number of imide groups is 2. The first-order valence-corrected chi connectivity index (χ1v) is 6.62. The summed E-state index contributed by atoms with van der Waals surface area (Å²) >= 11 is 0. The normalized spacial score (nSPS) is 17.5. The molecule has 0 bridgehead atoms. The highest BCUT2D eigenvalue weighted by atomic mass is 16.2. The molecule has 2 heterocycles. The Bertz CT molecular complexity index is 690. The summed E-state index contributed by atoms with van der Waals surface area (Å²) in [4.78, 5) is 51.3. The first kappa shape index (κ1) is 14.1. The van der Waals surface area contributed by atoms with Gasteiger partial charge < -0.3 is 0 Å². The summed E-state index contributed by atoms with van der Waals surface area (Å²) in [7, 11) is 0. The molecule has 0 saturated carbocycles. The minimum atomic E-state index is -0.700. The van der Waals surface area contributed by atoms with Gasteiger partial charge in [-0.05, 0) is 12.1 Å². The van der Waals surface area contributed by atoms with Crippen LogP contribution in [-0.4, -0.2) is 47.6 Å². The second-order valence-corrected chi connectivity index (χ2v) is 4.88. The first-order valence-electron chi connectivity index (χ1n) is 6.62. The third-order valence-electron chi connectivity index (χ3n) is 3.35. The maximum Gasteiger partial charge on any atom is 0.347 e. The number of carbonyl (C=O) groups excluding carboxylic acids is 4. The molecule has 0 aliphatic carbocycles. The molecule has 0 unspecified atom stereocenters. The third-order valence-corrected chi connectivity index (χ3v) is 3.35. The van der Waals surface area contributed by atoms with Gasteiger partial charge in [0, 0.05) is 12.3 Å². The molecule has 3 rings (SSSR count). The molecule has 0 radical (unpaired) electrons. The van der Waals surface area contributed by atoms with E-state index in [4.69, 9.17) is 0 Å². The molecule has 0 aromatic heterocycles. The molecule has 8 heteroatoms. The molecular formula is C14H12N4O4. The maximum atomic E-state index is 12.1. The molecule has 2 N–H and O–H groups in total. The average molecular weight is 300 g/mol. The molecule has 1 aromatic carbocycles. The second-order valence-electron chi connectivity index (χ2n) is 4.88. The van der Waals surface area contributed by atoms with Crippen molar-refractivity contribution in [3.8, 4) is 0 Å². The number of nitrogens with zero attached hydrogens (tertiary/aromatic N) is 2. The van der Waals surface area contributed by atoms with E-state index in [0.717, 1.165) is 4.90 Å². The summed E-state index contributed by atoms with van der Waals surface area (Å²) in [5.74, 6) is -1.16. The van der Waals surface area contributed by atoms with Crippen molar-refractivity contribution in [2.24, 2.45) is 4.99 Å². The van der Waals surface area contributed by atoms with Crippen LogP contribution in [-0.2, 0) is 4.79 Å². The van der Waals surface area contributed by atoms with Crippen molar-refractivity contribution in [1.29, 1.82) is 0 Å². The number of benzene rings is 1. The van der Waals surface area contributed by atoms with Crippen LogP contribution < -0.4 is 10.6 Å². The number of aliphatic imine (C=N–C) groups is 1. The van der Waals surface area contributed by atoms with Crippen molar-refractivity contribution in [2.75, 3.05) is 13.2 Å². The van der Waals surface area contributed by atoms with Crippen LogP contribution in [0.15, 0.2) is 29.3 Å². The van der Waals surface area contributed by atoms with Crippen LogP contribution in [0.25, 0.3) is 0 Å². The van der Waals surface area contributed by atoms with Crippen molar-refractivity contribution in [1.82, 2.24) is 15.5 Å². The number of amides is 5. The number of fused-ring (bicyclic) bond motifs is 1. The van der Waals surface area contributed by atoms with Gasteiger partial charge in [0.1, 0.15) is 0 Å². The topological polar surface area (TPSA) is 108 Å². The largest absolute Gasteiger partial charge is 0.347 e. The van der Waals surface area contributed by atoms with Gasteiger partial charge >= 0.3 is 6.03 Å². The van der Waals surface area contributed by atoms with E-state index < -0.39 is 11.9 Å². The zero-order chi connectivity index (χ0) is 15.7. The van der Waals surface area contributed by atoms with Crippen LogP contribution in [0.2, 0.25) is 0 Å². The van der Waals surface area contributed by atoms with Crippen molar-refractivity contribution in [3.63, 3.8) is 0 Å². The lowest BCUT2D eigenvalue weighted by Gasteiger charge is -2.16. The van der Waals surface area contributed by atoms with E-state index in [1.165, 1.54) is 0 Å². The van der Waals surface area contributed by atoms with E-state index in [1.54, 1.807) is 24.3 Å². The quantitative estimate of drug-likeness (QED) is 0.756. The monoisotopic (exact) mass is 300 g/mol. The summed E-state index contributed by atoms with van der Waals surface area (Å²) in [6.45, 7) is 0.133. The number of rotatable bonds is 4. The van der Waals surface area contributed by atoms with Crippen LogP contribution in [0, 0.1) is 0 Å². The van der Waals surface area contributed by atoms with Gasteiger partial charge in [0.05, 0.1) is 24.2 Å². The van der Waals surface area contributed by atoms with Gasteiger partial charge in [-0.1, -0.05) is 12.1 Å². The fraction of sp³-hybridized carbons (Fsp3) is 0.214. The highest BCUT2D eigenvalue weighted by Crippen LogP contribution is 2.21. The lowest BCUT2D eigenvalue weighted by atomic mass is 10.1. The molecule has 0 saturated heterocycles. The van der Waals surface area contributed by atoms with E-state index in [0.29, 0.717) is 16.8 Å². The summed E-state index contributed by atoms with van der Waals surface area (Å²) in [6.07, 6.45) is 0.0147. The van der Waals surface area contributed by atoms with E-state index in [1.807, 2.05) is 0 Å². The van der Waals surface area contributed by atoms with E-state index >= 15 is 0 Å². The lowest BCUT2D eigenvalue weighted by Crippen LogP contribution is -2.43. The number of nitrogens with one attached hydrogen (secondary N) is 2. The Morgan fingerprint density at radius 2 is 1.73 bits per heavy atom. The van der Waals surface area contributed by atoms with Crippen LogP contribution in [0.4, 0.5) is 4.79 Å². The standard InChI is InChI=1S/C14H12N4O4/c19-11-5-8(16-14(22)17-11)6-15-7-18-12(20)9-3-1-2-4-10(9)13(18)21/h1-4,15H,5-7H2,(H,17,19,22). The zero-order valence-electron chi connectivity index (χ0n) is 11.5. The number of hydrogen-bond donors (Lipinski definition) is 2. The molecule has 0 spiro atoms. The van der Waals surface area contributed by atoms with Gasteiger partial charge in [0.2, 0.25) is 5.91 Å². The van der Waals surface area contributed by atoms with Gasteiger partial charge in [-0.3, -0.25) is 29.9 Å². The van der Waals surface area contributed by atoms with Crippen LogP contribution in [0.5, 0.6) is 0 Å². The summed E-state index contributed by atoms with van der Waals surface area (Å²) in [5.41, 5.74) is 1.11. The SMILES string of the molecule is O=C1CC(CNCN2C(=O)c3ccccc3C2=O)=NC(=O)N1. The van der Waals surface area contributed by atoms with Crippen molar-refractivity contribution >= 4 is 29.5 Å². The molecule has 8 nitrogen and oxygen atoms in total. The molecule has 112 valence electrons. The second kappa shape index (κ2) is 5.49. The van der Waals surface area contributed by atoms with Crippen molar-refractivity contribution in [3.05, 3.63) is 35.4 Å².